The van der Waals surface area contributed by atoms with Crippen molar-refractivity contribution >= 4 is 42.6 Å². The molecular formula is C21H24N4O5S2. The van der Waals surface area contributed by atoms with Crippen LogP contribution in [0.1, 0.15) is 10.4 Å². The lowest BCUT2D eigenvalue weighted by molar-refractivity contribution is 0.102. The lowest BCUT2D eigenvalue weighted by Gasteiger charge is -2.31. The SMILES string of the molecule is COc1ccc(C(=O)Nc2nc3ccc(S(=O)(=O)N4CCN(C)CC4)cc3s2)cc1OC. The number of carbonyl (C=O) groups is 1. The average Bonchev–Trinajstić information content (AvgIpc) is 3.20. The highest BCUT2D eigenvalue weighted by Gasteiger charge is 2.28. The summed E-state index contributed by atoms with van der Waals surface area (Å²) in [6.45, 7) is 2.33. The van der Waals surface area contributed by atoms with Crippen molar-refractivity contribution in [3.05, 3.63) is 42.0 Å². The maximum Gasteiger partial charge on any atom is 0.257 e. The Bertz CT molecular complexity index is 1250. The van der Waals surface area contributed by atoms with Gasteiger partial charge in [0.25, 0.3) is 5.91 Å². The van der Waals surface area contributed by atoms with Crippen LogP contribution in [0.5, 0.6) is 11.5 Å². The molecule has 0 radical (unpaired) electrons. The Hall–Kier alpha value is -2.73. The van der Waals surface area contributed by atoms with Crippen LogP contribution in [0.15, 0.2) is 41.3 Å². The van der Waals surface area contributed by atoms with E-state index in [-0.39, 0.29) is 10.8 Å². The molecule has 0 spiro atoms. The van der Waals surface area contributed by atoms with Gasteiger partial charge in [-0.25, -0.2) is 13.4 Å². The van der Waals surface area contributed by atoms with Crippen LogP contribution < -0.4 is 14.8 Å². The highest BCUT2D eigenvalue weighted by Crippen LogP contribution is 2.31. The third-order valence-electron chi connectivity index (χ3n) is 5.33. The van der Waals surface area contributed by atoms with Crippen molar-refractivity contribution in [2.24, 2.45) is 0 Å². The Morgan fingerprint density at radius 1 is 1.03 bits per heavy atom. The van der Waals surface area contributed by atoms with Crippen LogP contribution >= 0.6 is 11.3 Å². The molecule has 1 saturated heterocycles. The minimum Gasteiger partial charge on any atom is -0.493 e. The van der Waals surface area contributed by atoms with Gasteiger partial charge >= 0.3 is 0 Å². The first kappa shape index (κ1) is 22.5. The zero-order valence-corrected chi connectivity index (χ0v) is 19.6. The van der Waals surface area contributed by atoms with E-state index < -0.39 is 10.0 Å². The molecule has 1 aromatic heterocycles. The Kier molecular flexibility index (Phi) is 6.33. The summed E-state index contributed by atoms with van der Waals surface area (Å²) in [7, 11) is 1.43. The van der Waals surface area contributed by atoms with Crippen LogP contribution in [0.3, 0.4) is 0 Å². The maximum absolute atomic E-state index is 13.0. The van der Waals surface area contributed by atoms with E-state index >= 15 is 0 Å². The molecule has 0 bridgehead atoms. The number of nitrogens with one attached hydrogen (secondary N) is 1. The van der Waals surface area contributed by atoms with E-state index in [9.17, 15) is 13.2 Å². The standard InChI is InChI=1S/C21H24N4O5S2/c1-24-8-10-25(11-9-24)32(27,28)15-5-6-16-19(13-15)31-21(22-16)23-20(26)14-4-7-17(29-2)18(12-14)30-3/h4-7,12-13H,8-11H2,1-3H3,(H,22,23,26). The number of ether oxygens (including phenoxy) is 2. The Morgan fingerprint density at radius 3 is 2.44 bits per heavy atom. The normalized spacial score (nSPS) is 15.6. The summed E-state index contributed by atoms with van der Waals surface area (Å²) in [4.78, 5) is 19.4. The number of aromatic nitrogens is 1. The fraction of sp³-hybridized carbons (Fsp3) is 0.333. The van der Waals surface area contributed by atoms with Crippen LogP contribution in [-0.2, 0) is 10.0 Å². The summed E-state index contributed by atoms with van der Waals surface area (Å²) in [6.07, 6.45) is 0. The quantitative estimate of drug-likeness (QED) is 0.583. The van der Waals surface area contributed by atoms with Gasteiger partial charge in [-0.15, -0.1) is 0 Å². The van der Waals surface area contributed by atoms with Gasteiger partial charge in [-0.05, 0) is 43.4 Å². The molecule has 0 unspecified atom stereocenters. The fourth-order valence-corrected chi connectivity index (χ4v) is 5.87. The smallest absolute Gasteiger partial charge is 0.257 e. The van der Waals surface area contributed by atoms with E-state index in [2.05, 4.69) is 15.2 Å². The second kappa shape index (κ2) is 9.02. The average molecular weight is 477 g/mol. The van der Waals surface area contributed by atoms with Gasteiger partial charge in [0.2, 0.25) is 10.0 Å². The van der Waals surface area contributed by atoms with Gasteiger partial charge in [-0.1, -0.05) is 11.3 Å². The van der Waals surface area contributed by atoms with E-state index in [4.69, 9.17) is 9.47 Å². The molecule has 2 aromatic carbocycles. The van der Waals surface area contributed by atoms with E-state index in [1.807, 2.05) is 7.05 Å². The number of piperazine rings is 1. The summed E-state index contributed by atoms with van der Waals surface area (Å²) >= 11 is 1.23. The van der Waals surface area contributed by atoms with Gasteiger partial charge < -0.3 is 14.4 Å². The predicted molar refractivity (Wildman–Crippen MR) is 123 cm³/mol. The molecule has 170 valence electrons. The number of amides is 1. The minimum absolute atomic E-state index is 0.232. The van der Waals surface area contributed by atoms with Crippen molar-refractivity contribution in [1.29, 1.82) is 0 Å². The molecule has 9 nitrogen and oxygen atoms in total. The van der Waals surface area contributed by atoms with Crippen molar-refractivity contribution in [2.45, 2.75) is 4.90 Å². The highest BCUT2D eigenvalue weighted by atomic mass is 32.2. The molecule has 1 amide bonds. The minimum atomic E-state index is -3.58. The van der Waals surface area contributed by atoms with Gasteiger partial charge in [0.15, 0.2) is 16.6 Å². The van der Waals surface area contributed by atoms with Gasteiger partial charge in [-0.2, -0.15) is 4.31 Å². The zero-order chi connectivity index (χ0) is 22.9. The lowest BCUT2D eigenvalue weighted by atomic mass is 10.2. The molecule has 3 aromatic rings. The van der Waals surface area contributed by atoms with Gasteiger partial charge in [0.05, 0.1) is 29.3 Å². The van der Waals surface area contributed by atoms with E-state index in [1.165, 1.54) is 29.9 Å². The number of hydrogen-bond donors (Lipinski definition) is 1. The molecule has 1 aliphatic heterocycles. The topological polar surface area (TPSA) is 101 Å². The molecule has 0 atom stereocenters. The second-order valence-corrected chi connectivity index (χ2v) is 10.3. The Morgan fingerprint density at radius 2 is 1.75 bits per heavy atom. The van der Waals surface area contributed by atoms with Crippen LogP contribution in [0.2, 0.25) is 0 Å². The molecule has 32 heavy (non-hydrogen) atoms. The van der Waals surface area contributed by atoms with Crippen LogP contribution in [-0.4, -0.2) is 76.0 Å². The zero-order valence-electron chi connectivity index (χ0n) is 18.0. The molecule has 0 aliphatic carbocycles. The number of benzene rings is 2. The molecule has 1 N–H and O–H groups in total. The number of fused-ring (bicyclic) bond motifs is 1. The summed E-state index contributed by atoms with van der Waals surface area (Å²) in [5.74, 6) is 0.622. The molecule has 0 saturated carbocycles. The summed E-state index contributed by atoms with van der Waals surface area (Å²) < 4.78 is 38.7. The van der Waals surface area contributed by atoms with Crippen molar-refractivity contribution in [3.63, 3.8) is 0 Å². The molecule has 2 heterocycles. The van der Waals surface area contributed by atoms with Crippen molar-refractivity contribution in [1.82, 2.24) is 14.2 Å². The van der Waals surface area contributed by atoms with Gasteiger partial charge in [0.1, 0.15) is 0 Å². The van der Waals surface area contributed by atoms with Gasteiger partial charge in [-0.3, -0.25) is 10.1 Å². The third kappa shape index (κ3) is 4.42. The number of thiazole rings is 1. The largest absolute Gasteiger partial charge is 0.493 e. The van der Waals surface area contributed by atoms with Crippen LogP contribution in [0.4, 0.5) is 5.13 Å². The number of hydrogen-bond acceptors (Lipinski definition) is 8. The van der Waals surface area contributed by atoms with E-state index in [0.717, 1.165) is 0 Å². The maximum atomic E-state index is 13.0. The Labute approximate surface area is 190 Å². The number of sulfonamides is 1. The molecule has 11 heteroatoms. The summed E-state index contributed by atoms with van der Waals surface area (Å²) in [5.41, 5.74) is 1.01. The Balaban J connectivity index is 1.55. The predicted octanol–water partition coefficient (Wildman–Crippen LogP) is 2.50. The third-order valence-corrected chi connectivity index (χ3v) is 8.15. The lowest BCUT2D eigenvalue weighted by Crippen LogP contribution is -2.46. The fourth-order valence-electron chi connectivity index (χ4n) is 3.44. The number of methoxy groups -OCH3 is 2. The second-order valence-electron chi connectivity index (χ2n) is 7.38. The van der Waals surface area contributed by atoms with Crippen molar-refractivity contribution < 1.29 is 22.7 Å². The van der Waals surface area contributed by atoms with E-state index in [1.54, 1.807) is 36.4 Å². The van der Waals surface area contributed by atoms with Crippen molar-refractivity contribution in [2.75, 3.05) is 52.8 Å². The highest BCUT2D eigenvalue weighted by molar-refractivity contribution is 7.89. The number of carbonyl (C=O) groups excluding carboxylic acids is 1. The first-order valence-corrected chi connectivity index (χ1v) is 12.2. The van der Waals surface area contributed by atoms with Crippen molar-refractivity contribution in [3.8, 4) is 11.5 Å². The molecule has 4 rings (SSSR count). The van der Waals surface area contributed by atoms with E-state index in [0.29, 0.717) is 58.6 Å². The first-order chi connectivity index (χ1) is 15.3. The van der Waals surface area contributed by atoms with Gasteiger partial charge in [0, 0.05) is 31.7 Å². The number of anilines is 1. The monoisotopic (exact) mass is 476 g/mol. The summed E-state index contributed by atoms with van der Waals surface area (Å²) in [6, 6.07) is 9.72. The number of likely N-dealkylation sites (N-methyl/N-ethyl adjacent to an activating group) is 1. The number of rotatable bonds is 6. The molecular weight excluding hydrogens is 452 g/mol. The first-order valence-electron chi connectivity index (χ1n) is 9.94. The molecule has 1 aliphatic rings. The van der Waals surface area contributed by atoms with Crippen LogP contribution in [0.25, 0.3) is 10.2 Å². The molecule has 1 fully saturated rings. The van der Waals surface area contributed by atoms with Crippen LogP contribution in [0, 0.1) is 0 Å². The summed E-state index contributed by atoms with van der Waals surface area (Å²) in [5, 5.41) is 3.15. The number of nitrogens with zero attached hydrogens (tertiary/aromatic N) is 3.